The molecule has 0 aliphatic rings. The van der Waals surface area contributed by atoms with Crippen molar-refractivity contribution in [1.29, 1.82) is 0 Å². The van der Waals surface area contributed by atoms with E-state index in [1.165, 1.54) is 4.90 Å². The van der Waals surface area contributed by atoms with Crippen LogP contribution in [0.5, 0.6) is 0 Å². The van der Waals surface area contributed by atoms with Gasteiger partial charge in [0.25, 0.3) is 5.91 Å². The summed E-state index contributed by atoms with van der Waals surface area (Å²) in [4.78, 5) is 31.8. The molecule has 1 aromatic carbocycles. The van der Waals surface area contributed by atoms with Crippen LogP contribution in [0.25, 0.3) is 0 Å². The van der Waals surface area contributed by atoms with Crippen LogP contribution in [0.3, 0.4) is 0 Å². The van der Waals surface area contributed by atoms with Gasteiger partial charge in [0.1, 0.15) is 5.60 Å². The Hall–Kier alpha value is -2.77. The third kappa shape index (κ3) is 9.62. The molecule has 8 nitrogen and oxygen atoms in total. The molecular formula is C22H37N5O3. The number of amides is 2. The summed E-state index contributed by atoms with van der Waals surface area (Å²) in [6, 6.07) is 7.62. The van der Waals surface area contributed by atoms with Crippen LogP contribution >= 0.6 is 0 Å². The van der Waals surface area contributed by atoms with Crippen LogP contribution in [0.2, 0.25) is 0 Å². The Bertz CT molecular complexity index is 726. The molecule has 2 amide bonds. The maximum atomic E-state index is 12.1. The number of guanidine groups is 1. The first-order chi connectivity index (χ1) is 14.0. The molecule has 168 valence electrons. The fourth-order valence-corrected chi connectivity index (χ4v) is 2.53. The quantitative estimate of drug-likeness (QED) is 0.499. The molecule has 0 fully saturated rings. The number of aliphatic imine (C=N–C) groups is 1. The van der Waals surface area contributed by atoms with Gasteiger partial charge in [0.2, 0.25) is 0 Å². The molecule has 0 unspecified atom stereocenters. The standard InChI is InChI=1S/C22H37N5O3/c1-8-23-20(25-14-15-27(7)21(29)30-22(2,3)4)24-13-12-17-10-9-11-18(16-17)19(28)26(5)6/h9-11,16H,8,12-15H2,1-7H3,(H2,23,24,25). The monoisotopic (exact) mass is 419 g/mol. The third-order valence-corrected chi connectivity index (χ3v) is 4.04. The van der Waals surface area contributed by atoms with E-state index in [-0.39, 0.29) is 12.0 Å². The highest BCUT2D eigenvalue weighted by Gasteiger charge is 2.19. The van der Waals surface area contributed by atoms with Gasteiger partial charge in [-0.15, -0.1) is 0 Å². The van der Waals surface area contributed by atoms with Gasteiger partial charge in [0.15, 0.2) is 5.96 Å². The molecule has 0 aromatic heterocycles. The molecule has 0 saturated heterocycles. The zero-order valence-electron chi connectivity index (χ0n) is 19.4. The van der Waals surface area contributed by atoms with E-state index in [1.807, 2.05) is 52.0 Å². The van der Waals surface area contributed by atoms with E-state index in [0.29, 0.717) is 31.2 Å². The highest BCUT2D eigenvalue weighted by Crippen LogP contribution is 2.09. The van der Waals surface area contributed by atoms with Gasteiger partial charge < -0.3 is 25.2 Å². The Morgan fingerprint density at radius 1 is 1.13 bits per heavy atom. The number of rotatable bonds is 8. The minimum atomic E-state index is -0.510. The Labute approximate surface area is 180 Å². The number of ether oxygens (including phenoxy) is 1. The topological polar surface area (TPSA) is 86.3 Å². The van der Waals surface area contributed by atoms with Crippen LogP contribution in [0.1, 0.15) is 43.6 Å². The van der Waals surface area contributed by atoms with Crippen molar-refractivity contribution in [3.05, 3.63) is 35.4 Å². The molecule has 1 aromatic rings. The number of carbonyl (C=O) groups excluding carboxylic acids is 2. The van der Waals surface area contributed by atoms with Gasteiger partial charge in [0.05, 0.1) is 0 Å². The SMILES string of the molecule is CCNC(=NCCc1cccc(C(=O)N(C)C)c1)NCCN(C)C(=O)OC(C)(C)C. The lowest BCUT2D eigenvalue weighted by Gasteiger charge is -2.24. The highest BCUT2D eigenvalue weighted by molar-refractivity contribution is 5.94. The number of hydrogen-bond donors (Lipinski definition) is 2. The number of carbonyl (C=O) groups is 2. The molecule has 0 aliphatic heterocycles. The lowest BCUT2D eigenvalue weighted by atomic mass is 10.1. The van der Waals surface area contributed by atoms with Crippen molar-refractivity contribution in [3.8, 4) is 0 Å². The number of benzene rings is 1. The van der Waals surface area contributed by atoms with E-state index in [9.17, 15) is 9.59 Å². The van der Waals surface area contributed by atoms with Crippen molar-refractivity contribution in [3.63, 3.8) is 0 Å². The second-order valence-electron chi connectivity index (χ2n) is 8.24. The lowest BCUT2D eigenvalue weighted by Crippen LogP contribution is -2.43. The fraction of sp³-hybridized carbons (Fsp3) is 0.591. The van der Waals surface area contributed by atoms with E-state index in [0.717, 1.165) is 18.5 Å². The Balaban J connectivity index is 2.56. The molecule has 30 heavy (non-hydrogen) atoms. The molecule has 8 heteroatoms. The second-order valence-corrected chi connectivity index (χ2v) is 8.24. The van der Waals surface area contributed by atoms with E-state index in [4.69, 9.17) is 4.74 Å². The van der Waals surface area contributed by atoms with Crippen molar-refractivity contribution in [2.45, 2.75) is 39.7 Å². The van der Waals surface area contributed by atoms with Crippen LogP contribution in [-0.2, 0) is 11.2 Å². The van der Waals surface area contributed by atoms with Gasteiger partial charge in [-0.05, 0) is 51.8 Å². The van der Waals surface area contributed by atoms with E-state index in [2.05, 4.69) is 15.6 Å². The summed E-state index contributed by atoms with van der Waals surface area (Å²) in [6.07, 6.45) is 0.376. The third-order valence-electron chi connectivity index (χ3n) is 4.04. The van der Waals surface area contributed by atoms with E-state index in [1.54, 1.807) is 26.0 Å². The molecule has 1 rings (SSSR count). The molecule has 0 radical (unpaired) electrons. The van der Waals surface area contributed by atoms with Gasteiger partial charge in [-0.25, -0.2) is 4.79 Å². The van der Waals surface area contributed by atoms with Crippen molar-refractivity contribution in [2.24, 2.45) is 4.99 Å². The first-order valence-electron chi connectivity index (χ1n) is 10.3. The van der Waals surface area contributed by atoms with Crippen molar-refractivity contribution >= 4 is 18.0 Å². The summed E-state index contributed by atoms with van der Waals surface area (Å²) in [5.41, 5.74) is 1.23. The normalized spacial score (nSPS) is 11.6. The lowest BCUT2D eigenvalue weighted by molar-refractivity contribution is 0.0302. The van der Waals surface area contributed by atoms with Crippen molar-refractivity contribution < 1.29 is 14.3 Å². The van der Waals surface area contributed by atoms with Crippen molar-refractivity contribution in [1.82, 2.24) is 20.4 Å². The zero-order chi connectivity index (χ0) is 22.7. The molecule has 0 heterocycles. The van der Waals surface area contributed by atoms with Crippen LogP contribution in [0.15, 0.2) is 29.3 Å². The van der Waals surface area contributed by atoms with Crippen LogP contribution in [-0.4, -0.2) is 80.7 Å². The van der Waals surface area contributed by atoms with E-state index < -0.39 is 5.60 Å². The summed E-state index contributed by atoms with van der Waals surface area (Å²) in [7, 11) is 5.20. The summed E-state index contributed by atoms with van der Waals surface area (Å²) >= 11 is 0. The predicted molar refractivity (Wildman–Crippen MR) is 121 cm³/mol. The van der Waals surface area contributed by atoms with Gasteiger partial charge in [-0.3, -0.25) is 9.79 Å². The fourth-order valence-electron chi connectivity index (χ4n) is 2.53. The largest absolute Gasteiger partial charge is 0.444 e. The first-order valence-corrected chi connectivity index (χ1v) is 10.3. The van der Waals surface area contributed by atoms with Gasteiger partial charge in [0, 0.05) is 52.9 Å². The predicted octanol–water partition coefficient (Wildman–Crippen LogP) is 2.35. The average molecular weight is 420 g/mol. The molecule has 0 aliphatic carbocycles. The van der Waals surface area contributed by atoms with Gasteiger partial charge in [-0.1, -0.05) is 12.1 Å². The molecule has 0 bridgehead atoms. The number of nitrogens with one attached hydrogen (secondary N) is 2. The summed E-state index contributed by atoms with van der Waals surface area (Å²) in [6.45, 7) is 9.90. The van der Waals surface area contributed by atoms with Gasteiger partial charge in [-0.2, -0.15) is 0 Å². The maximum Gasteiger partial charge on any atom is 0.410 e. The Morgan fingerprint density at radius 2 is 1.83 bits per heavy atom. The smallest absolute Gasteiger partial charge is 0.410 e. The van der Waals surface area contributed by atoms with Crippen LogP contribution < -0.4 is 10.6 Å². The molecule has 2 N–H and O–H groups in total. The highest BCUT2D eigenvalue weighted by atomic mass is 16.6. The molecule has 0 atom stereocenters. The molecule has 0 spiro atoms. The number of likely N-dealkylation sites (N-methyl/N-ethyl adjacent to an activating group) is 1. The first kappa shape index (κ1) is 25.3. The second kappa shape index (κ2) is 12.0. The summed E-state index contributed by atoms with van der Waals surface area (Å²) < 4.78 is 5.35. The minimum Gasteiger partial charge on any atom is -0.444 e. The summed E-state index contributed by atoms with van der Waals surface area (Å²) in [5.74, 6) is 0.681. The summed E-state index contributed by atoms with van der Waals surface area (Å²) in [5, 5.41) is 6.43. The number of nitrogens with zero attached hydrogens (tertiary/aromatic N) is 3. The number of hydrogen-bond acceptors (Lipinski definition) is 4. The van der Waals surface area contributed by atoms with Crippen molar-refractivity contribution in [2.75, 3.05) is 47.3 Å². The minimum absolute atomic E-state index is 0.00976. The molecule has 0 saturated carbocycles. The van der Waals surface area contributed by atoms with Crippen LogP contribution in [0, 0.1) is 0 Å². The van der Waals surface area contributed by atoms with E-state index >= 15 is 0 Å². The molecular weight excluding hydrogens is 382 g/mol. The average Bonchev–Trinajstić information content (AvgIpc) is 2.66. The van der Waals surface area contributed by atoms with Gasteiger partial charge >= 0.3 is 6.09 Å². The maximum absolute atomic E-state index is 12.1. The Kier molecular flexibility index (Phi) is 10.1. The van der Waals surface area contributed by atoms with Crippen LogP contribution in [0.4, 0.5) is 4.79 Å². The Morgan fingerprint density at radius 3 is 2.43 bits per heavy atom. The zero-order valence-corrected chi connectivity index (χ0v) is 19.4.